The Morgan fingerprint density at radius 1 is 1.67 bits per heavy atom. The first-order chi connectivity index (χ1) is 4.17. The molecule has 0 aromatic heterocycles. The highest BCUT2D eigenvalue weighted by Gasteiger charge is 2.35. The quantitative estimate of drug-likeness (QED) is 0.489. The summed E-state index contributed by atoms with van der Waals surface area (Å²) in [5.41, 5.74) is -0.200. The molecule has 1 atom stereocenters. The number of hydrogen-bond donors (Lipinski definition) is 0. The molecular weight excluding hydrogens is 114 g/mol. The molecule has 1 aliphatic rings. The Morgan fingerprint density at radius 3 is 2.56 bits per heavy atom. The van der Waals surface area contributed by atoms with Crippen LogP contribution < -0.4 is 0 Å². The third-order valence-corrected chi connectivity index (χ3v) is 1.88. The van der Waals surface area contributed by atoms with Crippen molar-refractivity contribution in [2.75, 3.05) is 6.61 Å². The van der Waals surface area contributed by atoms with Crippen molar-refractivity contribution in [2.45, 2.75) is 25.9 Å². The summed E-state index contributed by atoms with van der Waals surface area (Å²) in [6, 6.07) is 2.23. The van der Waals surface area contributed by atoms with Crippen molar-refractivity contribution >= 4 is 0 Å². The second-order valence-electron chi connectivity index (χ2n) is 2.92. The Kier molecular flexibility index (Phi) is 1.46. The van der Waals surface area contributed by atoms with Crippen molar-refractivity contribution in [2.24, 2.45) is 5.92 Å². The van der Waals surface area contributed by atoms with Gasteiger partial charge in [0.1, 0.15) is 0 Å². The highest BCUT2D eigenvalue weighted by molar-refractivity contribution is 4.98. The molecule has 0 unspecified atom stereocenters. The summed E-state index contributed by atoms with van der Waals surface area (Å²) < 4.78 is 5.32. The molecule has 0 saturated carbocycles. The predicted octanol–water partition coefficient (Wildman–Crippen LogP) is 1.33. The Hall–Kier alpha value is -0.550. The molecule has 2 heteroatoms. The van der Waals surface area contributed by atoms with Crippen molar-refractivity contribution in [3.05, 3.63) is 0 Å². The molecule has 50 valence electrons. The van der Waals surface area contributed by atoms with Gasteiger partial charge in [0.25, 0.3) is 0 Å². The summed E-state index contributed by atoms with van der Waals surface area (Å²) in [6.45, 7) is 4.67. The lowest BCUT2D eigenvalue weighted by Gasteiger charge is -2.19. The fraction of sp³-hybridized carbons (Fsp3) is 0.857. The lowest BCUT2D eigenvalue weighted by atomic mass is 9.93. The van der Waals surface area contributed by atoms with E-state index in [1.807, 2.05) is 13.8 Å². The third kappa shape index (κ3) is 1.06. The summed E-state index contributed by atoms with van der Waals surface area (Å²) in [6.07, 6.45) is 0.892. The van der Waals surface area contributed by atoms with Crippen LogP contribution >= 0.6 is 0 Å². The van der Waals surface area contributed by atoms with Crippen molar-refractivity contribution in [1.82, 2.24) is 0 Å². The van der Waals surface area contributed by atoms with Gasteiger partial charge in [0.15, 0.2) is 0 Å². The van der Waals surface area contributed by atoms with Gasteiger partial charge >= 0.3 is 0 Å². The van der Waals surface area contributed by atoms with Crippen LogP contribution in [0.4, 0.5) is 0 Å². The van der Waals surface area contributed by atoms with Crippen LogP contribution in [-0.4, -0.2) is 12.2 Å². The van der Waals surface area contributed by atoms with Gasteiger partial charge < -0.3 is 4.74 Å². The smallest absolute Gasteiger partial charge is 0.0784 e. The number of nitrogens with zero attached hydrogens (tertiary/aromatic N) is 1. The van der Waals surface area contributed by atoms with E-state index >= 15 is 0 Å². The first-order valence-electron chi connectivity index (χ1n) is 3.20. The normalized spacial score (nSPS) is 31.9. The molecule has 0 aliphatic carbocycles. The Bertz CT molecular complexity index is 145. The van der Waals surface area contributed by atoms with E-state index in [1.165, 1.54) is 0 Å². The topological polar surface area (TPSA) is 33.0 Å². The maximum absolute atomic E-state index is 8.57. The zero-order valence-electron chi connectivity index (χ0n) is 5.85. The zero-order chi connectivity index (χ0) is 6.91. The van der Waals surface area contributed by atoms with E-state index in [9.17, 15) is 0 Å². The van der Waals surface area contributed by atoms with Crippen LogP contribution in [0.5, 0.6) is 0 Å². The summed E-state index contributed by atoms with van der Waals surface area (Å²) in [7, 11) is 0. The summed E-state index contributed by atoms with van der Waals surface area (Å²) >= 11 is 0. The number of rotatable bonds is 0. The van der Waals surface area contributed by atoms with Crippen LogP contribution in [-0.2, 0) is 4.74 Å². The number of nitriles is 1. The molecular formula is C7H11NO. The van der Waals surface area contributed by atoms with Crippen LogP contribution in [0, 0.1) is 17.2 Å². The molecule has 0 bridgehead atoms. The van der Waals surface area contributed by atoms with Crippen molar-refractivity contribution in [1.29, 1.82) is 5.26 Å². The lowest BCUT2D eigenvalue weighted by molar-refractivity contribution is 0.0226. The summed E-state index contributed by atoms with van der Waals surface area (Å²) in [4.78, 5) is 0. The first kappa shape index (κ1) is 6.57. The maximum atomic E-state index is 8.57. The van der Waals surface area contributed by atoms with Crippen LogP contribution in [0.15, 0.2) is 0 Å². The van der Waals surface area contributed by atoms with E-state index in [4.69, 9.17) is 10.00 Å². The van der Waals surface area contributed by atoms with E-state index in [0.717, 1.165) is 13.0 Å². The van der Waals surface area contributed by atoms with Gasteiger partial charge in [-0.25, -0.2) is 0 Å². The largest absolute Gasteiger partial charge is 0.374 e. The molecule has 1 aliphatic heterocycles. The van der Waals surface area contributed by atoms with Crippen molar-refractivity contribution in [3.8, 4) is 6.07 Å². The molecule has 1 rings (SSSR count). The predicted molar refractivity (Wildman–Crippen MR) is 33.8 cm³/mol. The van der Waals surface area contributed by atoms with E-state index in [2.05, 4.69) is 6.07 Å². The highest BCUT2D eigenvalue weighted by atomic mass is 16.5. The molecule has 1 fully saturated rings. The minimum atomic E-state index is -0.200. The summed E-state index contributed by atoms with van der Waals surface area (Å²) in [5.74, 6) is 0.0949. The first-order valence-corrected chi connectivity index (χ1v) is 3.20. The van der Waals surface area contributed by atoms with Crippen LogP contribution in [0.2, 0.25) is 0 Å². The monoisotopic (exact) mass is 125 g/mol. The molecule has 1 saturated heterocycles. The van der Waals surface area contributed by atoms with Gasteiger partial charge in [0.05, 0.1) is 17.6 Å². The molecule has 2 nitrogen and oxygen atoms in total. The SMILES string of the molecule is CC1(C)OCC[C@H]1C#N. The molecule has 9 heavy (non-hydrogen) atoms. The standard InChI is InChI=1S/C7H11NO/c1-7(2)6(5-8)3-4-9-7/h6H,3-4H2,1-2H3/t6-/m0/s1. The Labute approximate surface area is 55.4 Å². The van der Waals surface area contributed by atoms with Crippen LogP contribution in [0.3, 0.4) is 0 Å². The van der Waals surface area contributed by atoms with Gasteiger partial charge in [-0.3, -0.25) is 0 Å². The van der Waals surface area contributed by atoms with Crippen LogP contribution in [0.25, 0.3) is 0 Å². The molecule has 0 radical (unpaired) electrons. The summed E-state index contributed by atoms with van der Waals surface area (Å²) in [5, 5.41) is 8.57. The van der Waals surface area contributed by atoms with E-state index < -0.39 is 0 Å². The third-order valence-electron chi connectivity index (χ3n) is 1.88. The maximum Gasteiger partial charge on any atom is 0.0784 e. The number of hydrogen-bond acceptors (Lipinski definition) is 2. The van der Waals surface area contributed by atoms with Crippen molar-refractivity contribution < 1.29 is 4.74 Å². The second-order valence-corrected chi connectivity index (χ2v) is 2.92. The molecule has 0 aromatic rings. The molecule has 0 amide bonds. The van der Waals surface area contributed by atoms with Crippen LogP contribution in [0.1, 0.15) is 20.3 Å². The highest BCUT2D eigenvalue weighted by Crippen LogP contribution is 2.30. The van der Waals surface area contributed by atoms with Gasteiger partial charge in [-0.1, -0.05) is 0 Å². The number of ether oxygens (including phenoxy) is 1. The minimum Gasteiger partial charge on any atom is -0.374 e. The zero-order valence-corrected chi connectivity index (χ0v) is 5.85. The Balaban J connectivity index is 2.65. The van der Waals surface area contributed by atoms with Gasteiger partial charge in [0.2, 0.25) is 0 Å². The van der Waals surface area contributed by atoms with Gasteiger partial charge in [-0.05, 0) is 20.3 Å². The van der Waals surface area contributed by atoms with Gasteiger partial charge in [0, 0.05) is 6.61 Å². The van der Waals surface area contributed by atoms with E-state index in [1.54, 1.807) is 0 Å². The second kappa shape index (κ2) is 2.00. The Morgan fingerprint density at radius 2 is 2.33 bits per heavy atom. The average molecular weight is 125 g/mol. The average Bonchev–Trinajstić information content (AvgIpc) is 2.08. The van der Waals surface area contributed by atoms with Crippen molar-refractivity contribution in [3.63, 3.8) is 0 Å². The minimum absolute atomic E-state index is 0.0949. The molecule has 0 aromatic carbocycles. The fourth-order valence-electron chi connectivity index (χ4n) is 1.11. The fourth-order valence-corrected chi connectivity index (χ4v) is 1.11. The van der Waals surface area contributed by atoms with Gasteiger partial charge in [-0.15, -0.1) is 0 Å². The van der Waals surface area contributed by atoms with E-state index in [0.29, 0.717) is 0 Å². The lowest BCUT2D eigenvalue weighted by Crippen LogP contribution is -2.25. The molecule has 0 N–H and O–H groups in total. The molecule has 1 heterocycles. The molecule has 0 spiro atoms. The van der Waals surface area contributed by atoms with E-state index in [-0.39, 0.29) is 11.5 Å². The van der Waals surface area contributed by atoms with Gasteiger partial charge in [-0.2, -0.15) is 5.26 Å².